The van der Waals surface area contributed by atoms with Gasteiger partial charge in [0.1, 0.15) is 5.75 Å². The van der Waals surface area contributed by atoms with Gasteiger partial charge in [-0.3, -0.25) is 4.79 Å². The van der Waals surface area contributed by atoms with Gasteiger partial charge < -0.3 is 9.84 Å². The van der Waals surface area contributed by atoms with E-state index in [1.807, 2.05) is 0 Å². The lowest BCUT2D eigenvalue weighted by Gasteiger charge is -2.09. The number of nitrogens with zero attached hydrogens (tertiary/aromatic N) is 1. The van der Waals surface area contributed by atoms with Crippen LogP contribution in [-0.4, -0.2) is 21.8 Å². The summed E-state index contributed by atoms with van der Waals surface area (Å²) in [6.07, 6.45) is 2.41. The molecular formula is C15H11NO4. The largest absolute Gasteiger partial charge is 0.478 e. The van der Waals surface area contributed by atoms with Gasteiger partial charge in [0.25, 0.3) is 0 Å². The molecule has 0 atom stereocenters. The van der Waals surface area contributed by atoms with Gasteiger partial charge in [-0.1, -0.05) is 12.1 Å². The molecule has 5 nitrogen and oxygen atoms in total. The van der Waals surface area contributed by atoms with Crippen LogP contribution in [0.3, 0.4) is 0 Å². The van der Waals surface area contributed by atoms with Gasteiger partial charge in [-0.15, -0.1) is 0 Å². The molecule has 5 heteroatoms. The molecule has 1 aromatic heterocycles. The Kier molecular flexibility index (Phi) is 2.95. The smallest absolute Gasteiger partial charge is 0.337 e. The van der Waals surface area contributed by atoms with Crippen molar-refractivity contribution in [3.05, 3.63) is 53.2 Å². The average molecular weight is 269 g/mol. The van der Waals surface area contributed by atoms with Gasteiger partial charge in [-0.2, -0.15) is 0 Å². The van der Waals surface area contributed by atoms with Crippen molar-refractivity contribution in [3.8, 4) is 11.6 Å². The number of ether oxygens (including phenoxy) is 1. The minimum Gasteiger partial charge on any atom is -0.478 e. The van der Waals surface area contributed by atoms with Crippen LogP contribution < -0.4 is 4.74 Å². The van der Waals surface area contributed by atoms with Gasteiger partial charge >= 0.3 is 5.97 Å². The zero-order chi connectivity index (χ0) is 14.1. The first-order valence-corrected chi connectivity index (χ1v) is 6.17. The lowest BCUT2D eigenvalue weighted by molar-refractivity contribution is 0.0696. The normalized spacial score (nSPS) is 13.1. The van der Waals surface area contributed by atoms with Crippen LogP contribution >= 0.6 is 0 Å². The Morgan fingerprint density at radius 3 is 2.75 bits per heavy atom. The number of ketones is 1. The number of fused-ring (bicyclic) bond motifs is 1. The van der Waals surface area contributed by atoms with Gasteiger partial charge in [0.15, 0.2) is 5.78 Å². The summed E-state index contributed by atoms with van der Waals surface area (Å²) in [7, 11) is 0. The molecule has 1 heterocycles. The molecule has 0 unspecified atom stereocenters. The van der Waals surface area contributed by atoms with Crippen molar-refractivity contribution in [2.75, 3.05) is 0 Å². The van der Waals surface area contributed by atoms with Gasteiger partial charge in [0, 0.05) is 29.8 Å². The van der Waals surface area contributed by atoms with Crippen molar-refractivity contribution in [2.45, 2.75) is 12.8 Å². The van der Waals surface area contributed by atoms with Crippen molar-refractivity contribution >= 4 is 11.8 Å². The molecule has 3 rings (SSSR count). The standard InChI is InChI=1S/C15H11NO4/c17-12-6-5-11-10(12)2-1-3-13(11)20-14-7-4-9(8-16-14)15(18)19/h1-4,7-8H,5-6H2,(H,18,19). The number of aromatic carboxylic acids is 1. The number of hydrogen-bond acceptors (Lipinski definition) is 4. The molecule has 0 bridgehead atoms. The Morgan fingerprint density at radius 2 is 2.05 bits per heavy atom. The van der Waals surface area contributed by atoms with Crippen molar-refractivity contribution < 1.29 is 19.4 Å². The fraction of sp³-hybridized carbons (Fsp3) is 0.133. The van der Waals surface area contributed by atoms with E-state index >= 15 is 0 Å². The SMILES string of the molecule is O=C(O)c1ccc(Oc2cccc3c2CCC3=O)nc1. The Balaban J connectivity index is 1.89. The highest BCUT2D eigenvalue weighted by Gasteiger charge is 2.22. The fourth-order valence-corrected chi connectivity index (χ4v) is 2.23. The van der Waals surface area contributed by atoms with Gasteiger partial charge in [-0.05, 0) is 18.6 Å². The number of rotatable bonds is 3. The predicted molar refractivity (Wildman–Crippen MR) is 70.4 cm³/mol. The summed E-state index contributed by atoms with van der Waals surface area (Å²) in [6.45, 7) is 0. The third-order valence-electron chi connectivity index (χ3n) is 3.23. The number of Topliss-reactive ketones (excluding diaryl/α,β-unsaturated/α-hetero) is 1. The molecule has 0 amide bonds. The van der Waals surface area contributed by atoms with Crippen LogP contribution in [-0.2, 0) is 6.42 Å². The highest BCUT2D eigenvalue weighted by atomic mass is 16.5. The molecule has 0 spiro atoms. The summed E-state index contributed by atoms with van der Waals surface area (Å²) >= 11 is 0. The van der Waals surface area contributed by atoms with E-state index < -0.39 is 5.97 Å². The molecule has 1 aromatic carbocycles. The van der Waals surface area contributed by atoms with Gasteiger partial charge in [-0.25, -0.2) is 9.78 Å². The number of benzene rings is 1. The Labute approximate surface area is 114 Å². The maximum Gasteiger partial charge on any atom is 0.337 e. The second-order valence-electron chi connectivity index (χ2n) is 4.50. The first kappa shape index (κ1) is 12.3. The lowest BCUT2D eigenvalue weighted by Crippen LogP contribution is -1.98. The topological polar surface area (TPSA) is 76.5 Å². The summed E-state index contributed by atoms with van der Waals surface area (Å²) in [6, 6.07) is 8.27. The van der Waals surface area contributed by atoms with Crippen LogP contribution in [0.2, 0.25) is 0 Å². The first-order chi connectivity index (χ1) is 9.65. The zero-order valence-corrected chi connectivity index (χ0v) is 10.5. The van der Waals surface area contributed by atoms with E-state index in [4.69, 9.17) is 9.84 Å². The molecule has 0 radical (unpaired) electrons. The molecule has 0 saturated heterocycles. The molecule has 0 fully saturated rings. The Morgan fingerprint density at radius 1 is 1.20 bits per heavy atom. The number of carbonyl (C=O) groups is 2. The molecule has 0 saturated carbocycles. The summed E-state index contributed by atoms with van der Waals surface area (Å²) < 4.78 is 5.65. The third-order valence-corrected chi connectivity index (χ3v) is 3.23. The van der Waals surface area contributed by atoms with Crippen LogP contribution in [0.15, 0.2) is 36.5 Å². The van der Waals surface area contributed by atoms with E-state index in [0.29, 0.717) is 30.0 Å². The van der Waals surface area contributed by atoms with E-state index in [1.54, 1.807) is 18.2 Å². The van der Waals surface area contributed by atoms with Crippen molar-refractivity contribution in [2.24, 2.45) is 0 Å². The fourth-order valence-electron chi connectivity index (χ4n) is 2.23. The number of pyridine rings is 1. The van der Waals surface area contributed by atoms with E-state index in [2.05, 4.69) is 4.98 Å². The van der Waals surface area contributed by atoms with E-state index in [0.717, 1.165) is 5.56 Å². The number of carboxylic acid groups (broad SMARTS) is 1. The summed E-state index contributed by atoms with van der Waals surface area (Å²) in [4.78, 5) is 26.3. The zero-order valence-electron chi connectivity index (χ0n) is 10.5. The average Bonchev–Trinajstić information content (AvgIpc) is 2.82. The molecule has 0 aliphatic heterocycles. The predicted octanol–water partition coefficient (Wildman–Crippen LogP) is 2.70. The van der Waals surface area contributed by atoms with Crippen molar-refractivity contribution in [1.82, 2.24) is 4.98 Å². The molecule has 100 valence electrons. The third kappa shape index (κ3) is 2.14. The maximum absolute atomic E-state index is 11.7. The lowest BCUT2D eigenvalue weighted by atomic mass is 10.1. The summed E-state index contributed by atoms with van der Waals surface area (Å²) in [5.74, 6) is 0.00144. The number of carboxylic acids is 1. The van der Waals surface area contributed by atoms with Crippen molar-refractivity contribution in [1.29, 1.82) is 0 Å². The molecule has 1 aliphatic rings. The first-order valence-electron chi connectivity index (χ1n) is 6.17. The van der Waals surface area contributed by atoms with Crippen LogP contribution in [0.25, 0.3) is 0 Å². The monoisotopic (exact) mass is 269 g/mol. The number of carbonyl (C=O) groups excluding carboxylic acids is 1. The van der Waals surface area contributed by atoms with E-state index in [-0.39, 0.29) is 11.3 Å². The Hall–Kier alpha value is -2.69. The Bertz CT molecular complexity index is 692. The minimum atomic E-state index is -1.03. The molecule has 20 heavy (non-hydrogen) atoms. The molecule has 2 aromatic rings. The quantitative estimate of drug-likeness (QED) is 0.927. The summed E-state index contributed by atoms with van der Waals surface area (Å²) in [5, 5.41) is 8.80. The van der Waals surface area contributed by atoms with Gasteiger partial charge in [0.2, 0.25) is 5.88 Å². The van der Waals surface area contributed by atoms with Gasteiger partial charge in [0.05, 0.1) is 5.56 Å². The van der Waals surface area contributed by atoms with E-state index in [9.17, 15) is 9.59 Å². The van der Waals surface area contributed by atoms with Crippen LogP contribution in [0.1, 0.15) is 32.7 Å². The highest BCUT2D eigenvalue weighted by Crippen LogP contribution is 2.32. The van der Waals surface area contributed by atoms with Crippen molar-refractivity contribution in [3.63, 3.8) is 0 Å². The highest BCUT2D eigenvalue weighted by molar-refractivity contribution is 6.01. The van der Waals surface area contributed by atoms with Crippen LogP contribution in [0.5, 0.6) is 11.6 Å². The van der Waals surface area contributed by atoms with Crippen LogP contribution in [0.4, 0.5) is 0 Å². The molecule has 1 aliphatic carbocycles. The minimum absolute atomic E-state index is 0.103. The molecule has 1 N–H and O–H groups in total. The number of aromatic nitrogens is 1. The summed E-state index contributed by atoms with van der Waals surface area (Å²) in [5.41, 5.74) is 1.69. The number of hydrogen-bond donors (Lipinski definition) is 1. The van der Waals surface area contributed by atoms with E-state index in [1.165, 1.54) is 18.3 Å². The molecular weight excluding hydrogens is 258 g/mol. The van der Waals surface area contributed by atoms with Crippen LogP contribution in [0, 0.1) is 0 Å². The maximum atomic E-state index is 11.7. The second-order valence-corrected chi connectivity index (χ2v) is 4.50. The second kappa shape index (κ2) is 4.77.